The van der Waals surface area contributed by atoms with Gasteiger partial charge < -0.3 is 20.3 Å². The minimum absolute atomic E-state index is 0.0145. The summed E-state index contributed by atoms with van der Waals surface area (Å²) >= 11 is 0. The van der Waals surface area contributed by atoms with Gasteiger partial charge in [-0.1, -0.05) is 231 Å². The normalized spacial score (nSPS) is 12.8. The van der Waals surface area contributed by atoms with Gasteiger partial charge in [-0.25, -0.2) is 0 Å². The van der Waals surface area contributed by atoms with Gasteiger partial charge in [0.15, 0.2) is 0 Å². The summed E-state index contributed by atoms with van der Waals surface area (Å²) in [7, 11) is 0. The van der Waals surface area contributed by atoms with Gasteiger partial charge in [0.05, 0.1) is 25.4 Å². The number of nitrogens with one attached hydrogen (secondary N) is 1. The number of unbranched alkanes of at least 4 members (excludes halogenated alkanes) is 31. The summed E-state index contributed by atoms with van der Waals surface area (Å²) in [5.74, 6) is -0.131. The Morgan fingerprint density at radius 3 is 1.37 bits per heavy atom. The molecule has 1 amide bonds. The van der Waals surface area contributed by atoms with E-state index in [2.05, 4.69) is 37.4 Å². The van der Waals surface area contributed by atoms with Gasteiger partial charge in [-0.15, -0.1) is 0 Å². The van der Waals surface area contributed by atoms with Gasteiger partial charge in [0.2, 0.25) is 5.91 Å². The molecule has 6 nitrogen and oxygen atoms in total. The first-order chi connectivity index (χ1) is 28.0. The summed E-state index contributed by atoms with van der Waals surface area (Å²) in [6, 6.07) is -0.583. The van der Waals surface area contributed by atoms with Crippen molar-refractivity contribution in [3.8, 4) is 0 Å². The van der Waals surface area contributed by atoms with Gasteiger partial charge in [-0.05, 0) is 44.9 Å². The van der Waals surface area contributed by atoms with Crippen LogP contribution in [0.1, 0.15) is 264 Å². The van der Waals surface area contributed by atoms with Crippen LogP contribution in [0.5, 0.6) is 0 Å². The van der Waals surface area contributed by atoms with Crippen molar-refractivity contribution >= 4 is 11.9 Å². The minimum atomic E-state index is -0.697. The zero-order valence-electron chi connectivity index (χ0n) is 38.1. The Morgan fingerprint density at radius 2 is 0.895 bits per heavy atom. The first kappa shape index (κ1) is 55.3. The van der Waals surface area contributed by atoms with Crippen LogP contribution in [0.4, 0.5) is 0 Å². The fourth-order valence-corrected chi connectivity index (χ4v) is 7.63. The van der Waals surface area contributed by atoms with Gasteiger partial charge in [-0.3, -0.25) is 9.59 Å². The first-order valence-corrected chi connectivity index (χ1v) is 25.1. The summed E-state index contributed by atoms with van der Waals surface area (Å²) in [5.41, 5.74) is 0. The molecule has 0 aliphatic carbocycles. The van der Waals surface area contributed by atoms with Gasteiger partial charge in [0.1, 0.15) is 0 Å². The van der Waals surface area contributed by atoms with Crippen LogP contribution >= 0.6 is 0 Å². The molecule has 0 radical (unpaired) electrons. The van der Waals surface area contributed by atoms with Crippen molar-refractivity contribution in [1.82, 2.24) is 5.32 Å². The summed E-state index contributed by atoms with van der Waals surface area (Å²) in [5, 5.41) is 23.1. The fourth-order valence-electron chi connectivity index (χ4n) is 7.63. The SMILES string of the molecule is CCCCCCCCCCCCCCCCCC(=O)OCCCCCCCC/C=C\C/C=C\CCC(=O)NC(CO)C(O)CCCCCCCCCCCCCC. The lowest BCUT2D eigenvalue weighted by Crippen LogP contribution is -2.45. The Bertz CT molecular complexity index is 889. The smallest absolute Gasteiger partial charge is 0.305 e. The average Bonchev–Trinajstić information content (AvgIpc) is 3.21. The molecule has 0 heterocycles. The van der Waals surface area contributed by atoms with Gasteiger partial charge in [0, 0.05) is 12.8 Å². The highest BCUT2D eigenvalue weighted by atomic mass is 16.5. The number of hydrogen-bond donors (Lipinski definition) is 3. The lowest BCUT2D eigenvalue weighted by atomic mass is 10.0. The topological polar surface area (TPSA) is 95.9 Å². The van der Waals surface area contributed by atoms with Gasteiger partial charge in [-0.2, -0.15) is 0 Å². The molecule has 0 aliphatic heterocycles. The zero-order chi connectivity index (χ0) is 41.5. The maximum atomic E-state index is 12.4. The molecule has 0 saturated heterocycles. The van der Waals surface area contributed by atoms with Crippen molar-refractivity contribution in [2.45, 2.75) is 276 Å². The van der Waals surface area contributed by atoms with E-state index in [1.54, 1.807) is 0 Å². The second-order valence-corrected chi connectivity index (χ2v) is 17.1. The summed E-state index contributed by atoms with van der Waals surface area (Å²) in [6.07, 6.45) is 54.4. The molecule has 0 saturated carbocycles. The van der Waals surface area contributed by atoms with Crippen LogP contribution in [0.15, 0.2) is 24.3 Å². The molecule has 57 heavy (non-hydrogen) atoms. The van der Waals surface area contributed by atoms with E-state index in [0.717, 1.165) is 51.4 Å². The Labute approximate surface area is 354 Å². The summed E-state index contributed by atoms with van der Waals surface area (Å²) in [6.45, 7) is 4.88. The number of amides is 1. The number of hydrogen-bond acceptors (Lipinski definition) is 5. The van der Waals surface area contributed by atoms with E-state index in [1.807, 2.05) is 6.08 Å². The molecular weight excluding hydrogens is 707 g/mol. The van der Waals surface area contributed by atoms with Crippen LogP contribution in [-0.2, 0) is 14.3 Å². The van der Waals surface area contributed by atoms with Gasteiger partial charge >= 0.3 is 5.97 Å². The molecule has 6 heteroatoms. The highest BCUT2D eigenvalue weighted by Crippen LogP contribution is 2.16. The molecule has 0 rings (SSSR count). The zero-order valence-corrected chi connectivity index (χ0v) is 38.1. The van der Waals surface area contributed by atoms with E-state index in [1.165, 1.54) is 173 Å². The Balaban J connectivity index is 3.53. The van der Waals surface area contributed by atoms with Crippen LogP contribution in [0.25, 0.3) is 0 Å². The third-order valence-electron chi connectivity index (χ3n) is 11.5. The third-order valence-corrected chi connectivity index (χ3v) is 11.5. The van der Waals surface area contributed by atoms with E-state index < -0.39 is 12.1 Å². The lowest BCUT2D eigenvalue weighted by Gasteiger charge is -2.22. The van der Waals surface area contributed by atoms with Crippen molar-refractivity contribution in [3.63, 3.8) is 0 Å². The molecule has 2 atom stereocenters. The predicted octanol–water partition coefficient (Wildman–Crippen LogP) is 14.7. The molecule has 0 aromatic heterocycles. The third kappa shape index (κ3) is 43.7. The van der Waals surface area contributed by atoms with Crippen molar-refractivity contribution in [2.75, 3.05) is 13.2 Å². The van der Waals surface area contributed by atoms with E-state index in [4.69, 9.17) is 4.74 Å². The number of allylic oxidation sites excluding steroid dienone is 4. The maximum absolute atomic E-state index is 12.4. The Kier molecular flexibility index (Phi) is 45.7. The van der Waals surface area contributed by atoms with E-state index in [9.17, 15) is 19.8 Å². The highest BCUT2D eigenvalue weighted by Gasteiger charge is 2.19. The quantitative estimate of drug-likeness (QED) is 0.0324. The molecule has 0 aromatic rings. The van der Waals surface area contributed by atoms with E-state index >= 15 is 0 Å². The average molecular weight is 804 g/mol. The molecule has 0 aliphatic rings. The molecule has 336 valence electrons. The van der Waals surface area contributed by atoms with E-state index in [0.29, 0.717) is 32.3 Å². The summed E-state index contributed by atoms with van der Waals surface area (Å²) in [4.78, 5) is 24.4. The van der Waals surface area contributed by atoms with E-state index in [-0.39, 0.29) is 18.5 Å². The first-order valence-electron chi connectivity index (χ1n) is 25.1. The lowest BCUT2D eigenvalue weighted by molar-refractivity contribution is -0.143. The highest BCUT2D eigenvalue weighted by molar-refractivity contribution is 5.76. The molecule has 0 aromatic carbocycles. The molecular formula is C51H97NO5. The van der Waals surface area contributed by atoms with Crippen LogP contribution in [0.3, 0.4) is 0 Å². The number of esters is 1. The monoisotopic (exact) mass is 804 g/mol. The van der Waals surface area contributed by atoms with Crippen molar-refractivity contribution in [1.29, 1.82) is 0 Å². The second kappa shape index (κ2) is 47.0. The van der Waals surface area contributed by atoms with Crippen LogP contribution in [0.2, 0.25) is 0 Å². The number of rotatable bonds is 46. The van der Waals surface area contributed by atoms with Crippen molar-refractivity contribution < 1.29 is 24.5 Å². The Hall–Kier alpha value is -1.66. The number of aliphatic hydroxyl groups excluding tert-OH is 2. The molecule has 2 unspecified atom stereocenters. The molecule has 0 bridgehead atoms. The van der Waals surface area contributed by atoms with Gasteiger partial charge in [0.25, 0.3) is 0 Å². The number of ether oxygens (including phenoxy) is 1. The van der Waals surface area contributed by atoms with Crippen molar-refractivity contribution in [2.24, 2.45) is 0 Å². The summed E-state index contributed by atoms with van der Waals surface area (Å²) < 4.78 is 5.45. The molecule has 3 N–H and O–H groups in total. The molecule has 0 fully saturated rings. The van der Waals surface area contributed by atoms with Crippen LogP contribution in [0, 0.1) is 0 Å². The van der Waals surface area contributed by atoms with Crippen molar-refractivity contribution in [3.05, 3.63) is 24.3 Å². The standard InChI is InChI=1S/C51H97NO5/c1-3-5-7-9-11-13-15-17-18-21-25-29-33-37-41-45-51(56)57-46-42-38-34-30-26-22-19-20-24-28-32-36-40-44-50(55)52-48(47-53)49(54)43-39-35-31-27-23-16-14-12-10-8-6-4-2/h20,24,32,36,48-49,53-54H,3-19,21-23,25-31,33-35,37-47H2,1-2H3,(H,52,55)/b24-20-,36-32-. The Morgan fingerprint density at radius 1 is 0.491 bits per heavy atom. The largest absolute Gasteiger partial charge is 0.466 e. The predicted molar refractivity (Wildman–Crippen MR) is 246 cm³/mol. The maximum Gasteiger partial charge on any atom is 0.305 e. The number of carbonyl (C=O) groups is 2. The minimum Gasteiger partial charge on any atom is -0.466 e. The van der Waals surface area contributed by atoms with Crippen LogP contribution in [-0.4, -0.2) is 47.4 Å². The fraction of sp³-hybridized carbons (Fsp3) is 0.882. The number of aliphatic hydroxyl groups is 2. The number of carbonyl (C=O) groups excluding carboxylic acids is 2. The van der Waals surface area contributed by atoms with Crippen LogP contribution < -0.4 is 5.32 Å². The second-order valence-electron chi connectivity index (χ2n) is 17.1. The molecule has 0 spiro atoms.